The lowest BCUT2D eigenvalue weighted by Crippen LogP contribution is -2.00. The van der Waals surface area contributed by atoms with Crippen LogP contribution in [0.25, 0.3) is 238 Å². The lowest BCUT2D eigenvalue weighted by Gasteiger charge is -2.12. The highest BCUT2D eigenvalue weighted by atomic mass is 32.1. The molecule has 16 aromatic carbocycles. The zero-order chi connectivity index (χ0) is 79.1. The molecule has 0 bridgehead atoms. The SMILES string of the molecule is c1ccc(-c2nc(-c3ccccc3)nc(-c3cccc(-c4nc5cc(-c6ccc(-c7cccc8c7sc7ccccc78)cc6)ccc5c5sc6ccccc6c45)c3)n2)cc1.c1ccc(-c2nc(-c3ccccc3)nc(-c3cccc(-c4nc5cc(-c6cccc(-c7cccc8c7sc7ccccc78)c6)ccc5c5sc6ccccc6c45)c3)n2)cc1. The van der Waals surface area contributed by atoms with Crippen LogP contribution in [0, 0.1) is 0 Å². The maximum absolute atomic E-state index is 5.55. The molecule has 120 heavy (non-hydrogen) atoms. The Morgan fingerprint density at radius 3 is 0.850 bits per heavy atom. The summed E-state index contributed by atoms with van der Waals surface area (Å²) in [5, 5.41) is 12.3. The van der Waals surface area contributed by atoms with Crippen LogP contribution in [-0.4, -0.2) is 39.9 Å². The van der Waals surface area contributed by atoms with Crippen molar-refractivity contribution in [2.24, 2.45) is 0 Å². The molecule has 0 aliphatic carbocycles. The highest BCUT2D eigenvalue weighted by Gasteiger charge is 2.24. The Morgan fingerprint density at radius 2 is 0.425 bits per heavy atom. The van der Waals surface area contributed by atoms with Gasteiger partial charge in [0.1, 0.15) is 0 Å². The zero-order valence-electron chi connectivity index (χ0n) is 64.2. The molecule has 560 valence electrons. The fourth-order valence-electron chi connectivity index (χ4n) is 16.8. The molecule has 0 fully saturated rings. The number of thiophene rings is 4. The van der Waals surface area contributed by atoms with Crippen molar-refractivity contribution >= 4 is 148 Å². The van der Waals surface area contributed by atoms with E-state index in [0.29, 0.717) is 34.9 Å². The number of hydrogen-bond donors (Lipinski definition) is 0. The Labute approximate surface area is 705 Å². The summed E-state index contributed by atoms with van der Waals surface area (Å²) in [7, 11) is 0. The van der Waals surface area contributed by atoms with Crippen LogP contribution in [0.2, 0.25) is 0 Å². The molecule has 0 N–H and O–H groups in total. The molecule has 0 aliphatic heterocycles. The van der Waals surface area contributed by atoms with E-state index in [-0.39, 0.29) is 0 Å². The van der Waals surface area contributed by atoms with Crippen molar-refractivity contribution in [1.82, 2.24) is 39.9 Å². The third kappa shape index (κ3) is 12.7. The second-order valence-electron chi connectivity index (χ2n) is 29.9. The van der Waals surface area contributed by atoms with Crippen LogP contribution < -0.4 is 0 Å². The Hall–Kier alpha value is -14.8. The van der Waals surface area contributed by atoms with Gasteiger partial charge in [0.15, 0.2) is 34.9 Å². The highest BCUT2D eigenvalue weighted by Crippen LogP contribution is 2.49. The largest absolute Gasteiger partial charge is 0.247 e. The molecule has 0 spiro atoms. The van der Waals surface area contributed by atoms with Gasteiger partial charge >= 0.3 is 0 Å². The number of nitrogens with zero attached hydrogens (tertiary/aromatic N) is 8. The minimum Gasteiger partial charge on any atom is -0.247 e. The summed E-state index contributed by atoms with van der Waals surface area (Å²) in [4.78, 5) is 41.1. The van der Waals surface area contributed by atoms with E-state index in [2.05, 4.69) is 267 Å². The van der Waals surface area contributed by atoms with E-state index in [1.807, 2.05) is 167 Å². The molecule has 0 unspecified atom stereocenters. The van der Waals surface area contributed by atoms with Gasteiger partial charge in [-0.25, -0.2) is 39.9 Å². The van der Waals surface area contributed by atoms with Crippen molar-refractivity contribution in [3.8, 4) is 135 Å². The predicted octanol–water partition coefficient (Wildman–Crippen LogP) is 30.3. The van der Waals surface area contributed by atoms with Gasteiger partial charge in [-0.1, -0.05) is 334 Å². The maximum Gasteiger partial charge on any atom is 0.164 e. The first-order valence-electron chi connectivity index (χ1n) is 39.9. The average molecular weight is 1600 g/mol. The number of benzene rings is 16. The molecule has 8 aromatic heterocycles. The summed E-state index contributed by atoms with van der Waals surface area (Å²) in [6.07, 6.45) is 0. The van der Waals surface area contributed by atoms with Gasteiger partial charge in [-0.3, -0.25) is 0 Å². The molecule has 0 aliphatic rings. The van der Waals surface area contributed by atoms with E-state index in [9.17, 15) is 0 Å². The number of rotatable bonds is 12. The van der Waals surface area contributed by atoms with E-state index in [0.717, 1.165) is 105 Å². The van der Waals surface area contributed by atoms with Crippen LogP contribution in [0.3, 0.4) is 0 Å². The smallest absolute Gasteiger partial charge is 0.164 e. The van der Waals surface area contributed by atoms with Crippen LogP contribution in [0.5, 0.6) is 0 Å². The van der Waals surface area contributed by atoms with Gasteiger partial charge in [0.05, 0.1) is 22.4 Å². The van der Waals surface area contributed by atoms with Gasteiger partial charge in [-0.2, -0.15) is 0 Å². The van der Waals surface area contributed by atoms with Crippen molar-refractivity contribution in [2.45, 2.75) is 0 Å². The molecule has 0 radical (unpaired) electrons. The van der Waals surface area contributed by atoms with Gasteiger partial charge in [0.2, 0.25) is 0 Å². The molecule has 12 heteroatoms. The average Bonchev–Trinajstić information content (AvgIpc) is 1.56. The lowest BCUT2D eigenvalue weighted by molar-refractivity contribution is 1.07. The number of hydrogen-bond acceptors (Lipinski definition) is 12. The van der Waals surface area contributed by atoms with E-state index < -0.39 is 0 Å². The second-order valence-corrected chi connectivity index (χ2v) is 34.2. The number of aromatic nitrogens is 8. The van der Waals surface area contributed by atoms with Crippen molar-refractivity contribution in [3.05, 3.63) is 388 Å². The number of fused-ring (bicyclic) bond motifs is 16. The fourth-order valence-corrected chi connectivity index (χ4v) is 21.8. The molecule has 0 atom stereocenters. The van der Waals surface area contributed by atoms with E-state index in [4.69, 9.17) is 39.9 Å². The normalized spacial score (nSPS) is 11.7. The summed E-state index contributed by atoms with van der Waals surface area (Å²) in [6.45, 7) is 0. The highest BCUT2D eigenvalue weighted by molar-refractivity contribution is 7.28. The first-order valence-corrected chi connectivity index (χ1v) is 43.2. The molecular weight excluding hydrogens is 1540 g/mol. The molecule has 0 saturated heterocycles. The fraction of sp³-hybridized carbons (Fsp3) is 0. The van der Waals surface area contributed by atoms with Gasteiger partial charge < -0.3 is 0 Å². The summed E-state index contributed by atoms with van der Waals surface area (Å²) in [6, 6.07) is 137. The molecule has 8 heterocycles. The third-order valence-electron chi connectivity index (χ3n) is 22.6. The molecule has 24 rings (SSSR count). The topological polar surface area (TPSA) is 103 Å². The Balaban J connectivity index is 0.000000140. The van der Waals surface area contributed by atoms with Crippen molar-refractivity contribution in [2.75, 3.05) is 0 Å². The van der Waals surface area contributed by atoms with Crippen molar-refractivity contribution in [1.29, 1.82) is 0 Å². The molecule has 0 amide bonds. The molecule has 24 aromatic rings. The number of pyridine rings is 2. The molecule has 8 nitrogen and oxygen atoms in total. The Bertz CT molecular complexity index is 8050. The summed E-state index contributed by atoms with van der Waals surface area (Å²) in [5.41, 5.74) is 20.9. The first-order chi connectivity index (χ1) is 59.4. The van der Waals surface area contributed by atoms with Crippen molar-refractivity contribution < 1.29 is 0 Å². The van der Waals surface area contributed by atoms with E-state index in [1.165, 1.54) is 97.6 Å². The first kappa shape index (κ1) is 70.6. The van der Waals surface area contributed by atoms with Crippen LogP contribution in [0.4, 0.5) is 0 Å². The zero-order valence-corrected chi connectivity index (χ0v) is 67.4. The van der Waals surface area contributed by atoms with Gasteiger partial charge in [0, 0.05) is 136 Å². The van der Waals surface area contributed by atoms with E-state index >= 15 is 0 Å². The van der Waals surface area contributed by atoms with Crippen LogP contribution in [-0.2, 0) is 0 Å². The molecule has 0 saturated carbocycles. The van der Waals surface area contributed by atoms with Crippen LogP contribution in [0.1, 0.15) is 0 Å². The minimum absolute atomic E-state index is 0.616. The Kier molecular flexibility index (Phi) is 17.5. The standard InChI is InChI=1S/2C54H32N4S2/c1-3-14-33(15-4-1)52-56-53(34-16-5-2-6-17-34)58-54(57-52)39-21-12-20-38(31-39)49-48-44-23-8-10-27-47(44)60-51(48)43-29-28-36(32-45(43)55-49)35-18-11-19-37(30-35)40-24-13-25-42-41-22-7-9-26-46(41)59-50(40)42;1-3-13-35(14-4-1)52-56-53(36-15-5-2-6-16-36)58-54(57-52)39-18-11-17-38(31-39)49-48-44-20-8-10-24-47(44)60-51(48)43-30-29-37(32-45(43)55-49)33-25-27-34(28-26-33)40-21-12-22-42-41-19-7-9-23-46(41)59-50(40)42/h2*1-32H. The quantitative estimate of drug-likeness (QED) is 0.119. The van der Waals surface area contributed by atoms with Crippen LogP contribution >= 0.6 is 45.3 Å². The van der Waals surface area contributed by atoms with Crippen LogP contribution in [0.15, 0.2) is 388 Å². The summed E-state index contributed by atoms with van der Waals surface area (Å²) < 4.78 is 10.2. The molecular formula is C108H64N8S4. The Morgan fingerprint density at radius 1 is 0.150 bits per heavy atom. The third-order valence-corrected chi connectivity index (χ3v) is 27.5. The monoisotopic (exact) mass is 1600 g/mol. The lowest BCUT2D eigenvalue weighted by atomic mass is 9.96. The van der Waals surface area contributed by atoms with Gasteiger partial charge in [0.25, 0.3) is 0 Å². The summed E-state index contributed by atoms with van der Waals surface area (Å²) >= 11 is 7.40. The second kappa shape index (κ2) is 29.8. The van der Waals surface area contributed by atoms with E-state index in [1.54, 1.807) is 0 Å². The summed E-state index contributed by atoms with van der Waals surface area (Å²) in [5.74, 6) is 3.78. The van der Waals surface area contributed by atoms with Gasteiger partial charge in [-0.15, -0.1) is 45.3 Å². The predicted molar refractivity (Wildman–Crippen MR) is 507 cm³/mol. The maximum atomic E-state index is 5.55. The van der Waals surface area contributed by atoms with Crippen molar-refractivity contribution in [3.63, 3.8) is 0 Å². The van der Waals surface area contributed by atoms with Gasteiger partial charge in [-0.05, 0) is 99.1 Å². The minimum atomic E-state index is 0.616.